The van der Waals surface area contributed by atoms with Crippen LogP contribution in [0.25, 0.3) is 0 Å². The minimum absolute atomic E-state index is 0.0106. The molecule has 1 fully saturated rings. The molecule has 0 N–H and O–H groups in total. The van der Waals surface area contributed by atoms with Crippen LogP contribution in [0, 0.1) is 0 Å². The summed E-state index contributed by atoms with van der Waals surface area (Å²) in [7, 11) is 0.598. The molecular weight excluding hydrogens is 268 g/mol. The second-order valence-electron chi connectivity index (χ2n) is 3.80. The van der Waals surface area contributed by atoms with Crippen molar-refractivity contribution in [2.24, 2.45) is 0 Å². The average Bonchev–Trinajstić information content (AvgIpc) is 2.16. The van der Waals surface area contributed by atoms with Crippen molar-refractivity contribution in [3.05, 3.63) is 0 Å². The van der Waals surface area contributed by atoms with Crippen LogP contribution in [-0.2, 0) is 10.0 Å². The summed E-state index contributed by atoms with van der Waals surface area (Å²) in [6, 6.07) is 0.135. The first kappa shape index (κ1) is 12.4. The van der Waals surface area contributed by atoms with Gasteiger partial charge in [0.25, 0.3) is 0 Å². The third kappa shape index (κ3) is 2.92. The molecule has 0 saturated carbocycles. The van der Waals surface area contributed by atoms with Gasteiger partial charge in [0, 0.05) is 19.6 Å². The number of piperidine rings is 1. The lowest BCUT2D eigenvalue weighted by atomic mass is 10.1. The first-order valence-electron chi connectivity index (χ1n) is 4.67. The maximum Gasteiger partial charge on any atom is 0.224 e. The Kier molecular flexibility index (Phi) is 4.36. The third-order valence-electron chi connectivity index (χ3n) is 2.69. The summed E-state index contributed by atoms with van der Waals surface area (Å²) in [4.78, 5) is 2.18. The summed E-state index contributed by atoms with van der Waals surface area (Å²) in [5.74, 6) is 0. The number of nitrogens with zero attached hydrogens (tertiary/aromatic N) is 2. The highest BCUT2D eigenvalue weighted by atomic mass is 79.9. The highest BCUT2D eigenvalue weighted by Crippen LogP contribution is 2.17. The molecule has 0 bridgehead atoms. The summed E-state index contributed by atoms with van der Waals surface area (Å²) in [6.07, 6.45) is 2.04. The van der Waals surface area contributed by atoms with E-state index in [-0.39, 0.29) is 10.7 Å². The molecule has 1 unspecified atom stereocenters. The van der Waals surface area contributed by atoms with E-state index in [1.54, 1.807) is 7.05 Å². The molecule has 1 aliphatic rings. The van der Waals surface area contributed by atoms with Crippen LogP contribution < -0.4 is 0 Å². The Balaban J connectivity index is 2.64. The van der Waals surface area contributed by atoms with Gasteiger partial charge in [0.1, 0.15) is 4.66 Å². The Morgan fingerprint density at radius 2 is 2.21 bits per heavy atom. The number of alkyl halides is 1. The van der Waals surface area contributed by atoms with Gasteiger partial charge in [0.2, 0.25) is 10.0 Å². The zero-order valence-corrected chi connectivity index (χ0v) is 11.0. The monoisotopic (exact) mass is 284 g/mol. The lowest BCUT2D eigenvalue weighted by molar-refractivity contribution is 0.188. The van der Waals surface area contributed by atoms with E-state index in [9.17, 15) is 8.42 Å². The van der Waals surface area contributed by atoms with Gasteiger partial charge < -0.3 is 4.90 Å². The molecule has 0 aliphatic carbocycles. The molecule has 4 nitrogen and oxygen atoms in total. The molecule has 1 rings (SSSR count). The second kappa shape index (κ2) is 4.92. The Morgan fingerprint density at radius 3 is 2.71 bits per heavy atom. The van der Waals surface area contributed by atoms with E-state index in [0.29, 0.717) is 0 Å². The number of likely N-dealkylation sites (N-methyl/N-ethyl adjacent to an activating group) is 2. The molecule has 84 valence electrons. The lowest BCUT2D eigenvalue weighted by Crippen LogP contribution is -2.47. The van der Waals surface area contributed by atoms with Crippen molar-refractivity contribution in [2.75, 3.05) is 31.8 Å². The zero-order chi connectivity index (χ0) is 10.8. The van der Waals surface area contributed by atoms with Crippen molar-refractivity contribution in [3.63, 3.8) is 0 Å². The van der Waals surface area contributed by atoms with Gasteiger partial charge >= 0.3 is 0 Å². The predicted molar refractivity (Wildman–Crippen MR) is 61.0 cm³/mol. The van der Waals surface area contributed by atoms with Crippen LogP contribution in [0.5, 0.6) is 0 Å². The van der Waals surface area contributed by atoms with E-state index in [2.05, 4.69) is 20.8 Å². The minimum atomic E-state index is -3.10. The second-order valence-corrected chi connectivity index (χ2v) is 7.13. The molecule has 1 heterocycles. The molecule has 1 aliphatic heterocycles. The molecule has 0 radical (unpaired) electrons. The molecule has 0 aromatic rings. The summed E-state index contributed by atoms with van der Waals surface area (Å²) in [6.45, 7) is 1.90. The molecule has 0 aromatic carbocycles. The molecule has 0 amide bonds. The number of rotatable bonds is 3. The van der Waals surface area contributed by atoms with Gasteiger partial charge in [-0.1, -0.05) is 15.9 Å². The largest absolute Gasteiger partial charge is 0.305 e. The van der Waals surface area contributed by atoms with Gasteiger partial charge in [0.15, 0.2) is 0 Å². The highest BCUT2D eigenvalue weighted by molar-refractivity contribution is 9.10. The van der Waals surface area contributed by atoms with E-state index in [1.807, 2.05) is 7.05 Å². The topological polar surface area (TPSA) is 40.6 Å². The van der Waals surface area contributed by atoms with Gasteiger partial charge in [-0.2, -0.15) is 4.31 Å². The summed E-state index contributed by atoms with van der Waals surface area (Å²) >= 11 is 3.01. The van der Waals surface area contributed by atoms with E-state index in [0.717, 1.165) is 25.9 Å². The van der Waals surface area contributed by atoms with E-state index in [1.165, 1.54) is 4.31 Å². The SMILES string of the molecule is CN1CCCC(N(C)S(=O)(=O)CBr)C1. The maximum absolute atomic E-state index is 11.6. The number of hydrogen-bond donors (Lipinski definition) is 0. The number of hydrogen-bond acceptors (Lipinski definition) is 3. The molecule has 6 heteroatoms. The molecular formula is C8H17BrN2O2S. The smallest absolute Gasteiger partial charge is 0.224 e. The van der Waals surface area contributed by atoms with Crippen LogP contribution in [-0.4, -0.2) is 55.5 Å². The Bertz CT molecular complexity index is 281. The first-order chi connectivity index (χ1) is 6.47. The standard InChI is InChI=1S/C8H17BrN2O2S/c1-10-5-3-4-8(6-10)11(2)14(12,13)7-9/h8H,3-7H2,1-2H3. The third-order valence-corrected chi connectivity index (χ3v) is 5.88. The maximum atomic E-state index is 11.6. The van der Waals surface area contributed by atoms with Gasteiger partial charge in [-0.3, -0.25) is 0 Å². The van der Waals surface area contributed by atoms with Crippen molar-refractivity contribution in [3.8, 4) is 0 Å². The first-order valence-corrected chi connectivity index (χ1v) is 7.40. The minimum Gasteiger partial charge on any atom is -0.305 e. The van der Waals surface area contributed by atoms with Gasteiger partial charge in [-0.05, 0) is 26.4 Å². The lowest BCUT2D eigenvalue weighted by Gasteiger charge is -2.34. The number of likely N-dealkylation sites (tertiary alicyclic amines) is 1. The van der Waals surface area contributed by atoms with Crippen molar-refractivity contribution >= 4 is 26.0 Å². The van der Waals surface area contributed by atoms with E-state index >= 15 is 0 Å². The Morgan fingerprint density at radius 1 is 1.57 bits per heavy atom. The highest BCUT2D eigenvalue weighted by Gasteiger charge is 2.28. The fourth-order valence-electron chi connectivity index (χ4n) is 1.74. The Labute approximate surface area is 94.4 Å². The summed E-state index contributed by atoms with van der Waals surface area (Å²) in [5, 5.41) is 0. The van der Waals surface area contributed by atoms with Crippen molar-refractivity contribution < 1.29 is 8.42 Å². The van der Waals surface area contributed by atoms with Crippen LogP contribution in [0.15, 0.2) is 0 Å². The van der Waals surface area contributed by atoms with Crippen LogP contribution in [0.3, 0.4) is 0 Å². The average molecular weight is 285 g/mol. The quantitative estimate of drug-likeness (QED) is 0.717. The normalized spacial score (nSPS) is 25.6. The van der Waals surface area contributed by atoms with Gasteiger partial charge in [-0.15, -0.1) is 0 Å². The van der Waals surface area contributed by atoms with Crippen molar-refractivity contribution in [1.29, 1.82) is 0 Å². The fraction of sp³-hybridized carbons (Fsp3) is 1.00. The summed E-state index contributed by atoms with van der Waals surface area (Å²) in [5.41, 5.74) is 0. The fourth-order valence-corrected chi connectivity index (χ4v) is 3.49. The van der Waals surface area contributed by atoms with Crippen LogP contribution in [0.4, 0.5) is 0 Å². The van der Waals surface area contributed by atoms with Crippen molar-refractivity contribution in [1.82, 2.24) is 9.21 Å². The van der Waals surface area contributed by atoms with Gasteiger partial charge in [-0.25, -0.2) is 8.42 Å². The zero-order valence-electron chi connectivity index (χ0n) is 8.61. The molecule has 1 saturated heterocycles. The van der Waals surface area contributed by atoms with Crippen LogP contribution in [0.1, 0.15) is 12.8 Å². The number of sulfonamides is 1. The molecule has 1 atom stereocenters. The van der Waals surface area contributed by atoms with Gasteiger partial charge in [0.05, 0.1) is 0 Å². The van der Waals surface area contributed by atoms with E-state index in [4.69, 9.17) is 0 Å². The molecule has 14 heavy (non-hydrogen) atoms. The predicted octanol–water partition coefficient (Wildman–Crippen LogP) is 0.695. The van der Waals surface area contributed by atoms with Crippen LogP contribution in [0.2, 0.25) is 0 Å². The number of halogens is 1. The van der Waals surface area contributed by atoms with Crippen molar-refractivity contribution in [2.45, 2.75) is 18.9 Å². The molecule has 0 aromatic heterocycles. The van der Waals surface area contributed by atoms with E-state index < -0.39 is 10.0 Å². The van der Waals surface area contributed by atoms with Crippen LogP contribution >= 0.6 is 15.9 Å². The molecule has 0 spiro atoms. The summed E-state index contributed by atoms with van der Waals surface area (Å²) < 4.78 is 24.6. The Hall–Kier alpha value is 0.350.